The highest BCUT2D eigenvalue weighted by atomic mass is 79.9. The minimum atomic E-state index is 0.288. The van der Waals surface area contributed by atoms with Gasteiger partial charge in [0.1, 0.15) is 0 Å². The summed E-state index contributed by atoms with van der Waals surface area (Å²) in [6.45, 7) is 4.21. The summed E-state index contributed by atoms with van der Waals surface area (Å²) in [7, 11) is 0. The Morgan fingerprint density at radius 3 is 2.67 bits per heavy atom. The van der Waals surface area contributed by atoms with Crippen LogP contribution in [0.4, 0.5) is 0 Å². The SMILES string of the molecule is CCCCCCC(=O)c1sc(C)cc1Br. The molecule has 0 aliphatic rings. The van der Waals surface area contributed by atoms with Crippen molar-refractivity contribution in [3.63, 3.8) is 0 Å². The minimum Gasteiger partial charge on any atom is -0.293 e. The predicted molar refractivity (Wildman–Crippen MR) is 69.8 cm³/mol. The van der Waals surface area contributed by atoms with E-state index in [2.05, 4.69) is 22.9 Å². The Kier molecular flexibility index (Phi) is 5.54. The maximum absolute atomic E-state index is 11.8. The summed E-state index contributed by atoms with van der Waals surface area (Å²) in [4.78, 5) is 13.9. The average Bonchev–Trinajstić information content (AvgIpc) is 2.52. The summed E-state index contributed by atoms with van der Waals surface area (Å²) in [5.74, 6) is 0.288. The molecule has 0 fully saturated rings. The van der Waals surface area contributed by atoms with Crippen molar-refractivity contribution >= 4 is 33.0 Å². The van der Waals surface area contributed by atoms with Crippen molar-refractivity contribution in [2.24, 2.45) is 0 Å². The van der Waals surface area contributed by atoms with Gasteiger partial charge in [-0.3, -0.25) is 4.79 Å². The number of thiophene rings is 1. The summed E-state index contributed by atoms with van der Waals surface area (Å²) in [6.07, 6.45) is 5.34. The van der Waals surface area contributed by atoms with Gasteiger partial charge >= 0.3 is 0 Å². The van der Waals surface area contributed by atoms with Crippen LogP contribution in [0.2, 0.25) is 0 Å². The third-order valence-corrected chi connectivity index (χ3v) is 4.30. The lowest BCUT2D eigenvalue weighted by Crippen LogP contribution is -1.96. The Hall–Kier alpha value is -0.150. The van der Waals surface area contributed by atoms with E-state index in [-0.39, 0.29) is 5.78 Å². The van der Waals surface area contributed by atoms with Crippen molar-refractivity contribution in [3.05, 3.63) is 20.3 Å². The molecule has 1 nitrogen and oxygen atoms in total. The monoisotopic (exact) mass is 288 g/mol. The molecular weight excluding hydrogens is 272 g/mol. The zero-order valence-electron chi connectivity index (χ0n) is 9.31. The van der Waals surface area contributed by atoms with Crippen LogP contribution in [-0.4, -0.2) is 5.78 Å². The minimum absolute atomic E-state index is 0.288. The molecule has 0 aliphatic heterocycles. The highest BCUT2D eigenvalue weighted by molar-refractivity contribution is 9.10. The van der Waals surface area contributed by atoms with Crippen LogP contribution >= 0.6 is 27.3 Å². The van der Waals surface area contributed by atoms with E-state index in [1.165, 1.54) is 24.1 Å². The molecule has 3 heteroatoms. The zero-order valence-corrected chi connectivity index (χ0v) is 11.7. The third kappa shape index (κ3) is 4.07. The molecule has 1 heterocycles. The first-order valence-corrected chi connectivity index (χ1v) is 7.05. The van der Waals surface area contributed by atoms with Crippen LogP contribution < -0.4 is 0 Å². The van der Waals surface area contributed by atoms with Crippen LogP contribution in [-0.2, 0) is 0 Å². The molecule has 0 aliphatic carbocycles. The van der Waals surface area contributed by atoms with E-state index in [0.717, 1.165) is 15.8 Å². The van der Waals surface area contributed by atoms with E-state index in [1.807, 2.05) is 13.0 Å². The van der Waals surface area contributed by atoms with Gasteiger partial charge in [-0.25, -0.2) is 0 Å². The van der Waals surface area contributed by atoms with Gasteiger partial charge in [-0.05, 0) is 35.3 Å². The first kappa shape index (κ1) is 12.9. The van der Waals surface area contributed by atoms with Gasteiger partial charge in [0.2, 0.25) is 0 Å². The molecule has 0 saturated heterocycles. The molecule has 0 saturated carbocycles. The highest BCUT2D eigenvalue weighted by Crippen LogP contribution is 2.28. The van der Waals surface area contributed by atoms with Crippen molar-refractivity contribution in [3.8, 4) is 0 Å². The van der Waals surface area contributed by atoms with Crippen molar-refractivity contribution < 1.29 is 4.79 Å². The second-order valence-corrected chi connectivity index (χ2v) is 5.88. The summed E-state index contributed by atoms with van der Waals surface area (Å²) in [5, 5.41) is 0. The molecule has 1 rings (SSSR count). The van der Waals surface area contributed by atoms with Gasteiger partial charge in [0.05, 0.1) is 4.88 Å². The van der Waals surface area contributed by atoms with Gasteiger partial charge in [0.15, 0.2) is 5.78 Å². The Balaban J connectivity index is 2.43. The molecule has 84 valence electrons. The first-order valence-electron chi connectivity index (χ1n) is 5.44. The molecule has 0 atom stereocenters. The van der Waals surface area contributed by atoms with Crippen LogP contribution in [0.1, 0.15) is 53.6 Å². The number of carbonyl (C=O) groups is 1. The second kappa shape index (κ2) is 6.44. The van der Waals surface area contributed by atoms with E-state index < -0.39 is 0 Å². The van der Waals surface area contributed by atoms with Crippen LogP contribution in [0.15, 0.2) is 10.5 Å². The van der Waals surface area contributed by atoms with E-state index in [0.29, 0.717) is 6.42 Å². The average molecular weight is 289 g/mol. The van der Waals surface area contributed by atoms with Gasteiger partial charge < -0.3 is 0 Å². The molecule has 15 heavy (non-hydrogen) atoms. The van der Waals surface area contributed by atoms with Gasteiger partial charge in [-0.1, -0.05) is 26.2 Å². The van der Waals surface area contributed by atoms with Gasteiger partial charge in [-0.15, -0.1) is 11.3 Å². The smallest absolute Gasteiger partial charge is 0.173 e. The summed E-state index contributed by atoms with van der Waals surface area (Å²) in [5.41, 5.74) is 0. The fraction of sp³-hybridized carbons (Fsp3) is 0.583. The van der Waals surface area contributed by atoms with Crippen LogP contribution in [0.25, 0.3) is 0 Å². The number of rotatable bonds is 6. The van der Waals surface area contributed by atoms with Crippen LogP contribution in [0.5, 0.6) is 0 Å². The number of halogens is 1. The van der Waals surface area contributed by atoms with E-state index in [1.54, 1.807) is 11.3 Å². The predicted octanol–water partition coefficient (Wildman–Crippen LogP) is 4.97. The fourth-order valence-corrected chi connectivity index (χ4v) is 3.33. The number of unbranched alkanes of at least 4 members (excludes halogenated alkanes) is 3. The largest absolute Gasteiger partial charge is 0.293 e. The van der Waals surface area contributed by atoms with Gasteiger partial charge in [0, 0.05) is 15.8 Å². The Labute approximate surface area is 104 Å². The number of hydrogen-bond donors (Lipinski definition) is 0. The number of hydrogen-bond acceptors (Lipinski definition) is 2. The molecule has 0 amide bonds. The Bertz CT molecular complexity index is 330. The normalized spacial score (nSPS) is 10.6. The second-order valence-electron chi connectivity index (χ2n) is 3.77. The van der Waals surface area contributed by atoms with E-state index in [9.17, 15) is 4.79 Å². The molecule has 0 radical (unpaired) electrons. The number of carbonyl (C=O) groups excluding carboxylic acids is 1. The lowest BCUT2D eigenvalue weighted by atomic mass is 10.1. The first-order chi connectivity index (χ1) is 7.15. The maximum Gasteiger partial charge on any atom is 0.173 e. The van der Waals surface area contributed by atoms with Gasteiger partial charge in [0.25, 0.3) is 0 Å². The van der Waals surface area contributed by atoms with Crippen LogP contribution in [0.3, 0.4) is 0 Å². The van der Waals surface area contributed by atoms with Crippen molar-refractivity contribution in [2.75, 3.05) is 0 Å². The fourth-order valence-electron chi connectivity index (χ4n) is 1.50. The standard InChI is InChI=1S/C12H17BrOS/c1-3-4-5-6-7-11(14)12-10(13)8-9(2)15-12/h8H,3-7H2,1-2H3. The maximum atomic E-state index is 11.8. The molecule has 1 aromatic rings. The Morgan fingerprint density at radius 2 is 2.13 bits per heavy atom. The molecule has 1 aromatic heterocycles. The summed E-state index contributed by atoms with van der Waals surface area (Å²) < 4.78 is 0.963. The summed E-state index contributed by atoms with van der Waals surface area (Å²) in [6, 6.07) is 2.02. The van der Waals surface area contributed by atoms with Crippen molar-refractivity contribution in [2.45, 2.75) is 46.0 Å². The van der Waals surface area contributed by atoms with Crippen LogP contribution in [0, 0.1) is 6.92 Å². The number of aryl methyl sites for hydroxylation is 1. The van der Waals surface area contributed by atoms with Gasteiger partial charge in [-0.2, -0.15) is 0 Å². The molecular formula is C12H17BrOS. The number of Topliss-reactive ketones (excluding diaryl/α,β-unsaturated/α-hetero) is 1. The summed E-state index contributed by atoms with van der Waals surface area (Å²) >= 11 is 5.02. The number of ketones is 1. The van der Waals surface area contributed by atoms with Crippen molar-refractivity contribution in [1.29, 1.82) is 0 Å². The lowest BCUT2D eigenvalue weighted by Gasteiger charge is -1.98. The molecule has 0 unspecified atom stereocenters. The zero-order chi connectivity index (χ0) is 11.3. The molecule has 0 aromatic carbocycles. The molecule has 0 N–H and O–H groups in total. The molecule has 0 bridgehead atoms. The highest BCUT2D eigenvalue weighted by Gasteiger charge is 2.12. The molecule has 0 spiro atoms. The van der Waals surface area contributed by atoms with E-state index in [4.69, 9.17) is 0 Å². The third-order valence-electron chi connectivity index (χ3n) is 2.32. The van der Waals surface area contributed by atoms with Crippen molar-refractivity contribution in [1.82, 2.24) is 0 Å². The quantitative estimate of drug-likeness (QED) is 0.533. The topological polar surface area (TPSA) is 17.1 Å². The van der Waals surface area contributed by atoms with E-state index >= 15 is 0 Å². The Morgan fingerprint density at radius 1 is 1.40 bits per heavy atom. The lowest BCUT2D eigenvalue weighted by molar-refractivity contribution is 0.0982.